The van der Waals surface area contributed by atoms with E-state index in [1.54, 1.807) is 24.3 Å². The van der Waals surface area contributed by atoms with Gasteiger partial charge in [0.1, 0.15) is 6.04 Å². The number of carbonyl (C=O) groups excluding carboxylic acids is 4. The Labute approximate surface area is 186 Å². The van der Waals surface area contributed by atoms with Gasteiger partial charge in [0.2, 0.25) is 17.7 Å². The van der Waals surface area contributed by atoms with Crippen LogP contribution in [-0.2, 0) is 20.8 Å². The average molecular weight is 428 g/mol. The molecule has 3 aliphatic rings. The van der Waals surface area contributed by atoms with Crippen molar-refractivity contribution in [3.63, 3.8) is 0 Å². The molecule has 2 fully saturated rings. The third kappa shape index (κ3) is 3.36. The summed E-state index contributed by atoms with van der Waals surface area (Å²) in [6.07, 6.45) is 5.18. The van der Waals surface area contributed by atoms with Gasteiger partial charge in [0.15, 0.2) is 5.78 Å². The smallest absolute Gasteiger partial charge is 0.248 e. The first-order valence-electron chi connectivity index (χ1n) is 10.9. The third-order valence-corrected chi connectivity index (χ3v) is 6.95. The van der Waals surface area contributed by atoms with Crippen molar-refractivity contribution in [2.24, 2.45) is 23.7 Å². The second-order valence-corrected chi connectivity index (χ2v) is 8.87. The highest BCUT2D eigenvalue weighted by Gasteiger charge is 2.61. The topological polar surface area (TPSA) is 83.6 Å². The van der Waals surface area contributed by atoms with E-state index in [4.69, 9.17) is 0 Å². The van der Waals surface area contributed by atoms with Crippen LogP contribution in [0.15, 0.2) is 66.7 Å². The highest BCUT2D eigenvalue weighted by molar-refractivity contribution is 6.11. The first-order valence-corrected chi connectivity index (χ1v) is 10.9. The molecule has 6 nitrogen and oxygen atoms in total. The van der Waals surface area contributed by atoms with Crippen molar-refractivity contribution < 1.29 is 19.2 Å². The zero-order valence-electron chi connectivity index (χ0n) is 17.7. The molecule has 5 atom stereocenters. The van der Waals surface area contributed by atoms with E-state index < -0.39 is 11.9 Å². The van der Waals surface area contributed by atoms with Crippen LogP contribution in [-0.4, -0.2) is 34.4 Å². The number of ketones is 1. The molecule has 2 aromatic rings. The lowest BCUT2D eigenvalue weighted by atomic mass is 9.85. The van der Waals surface area contributed by atoms with Gasteiger partial charge in [-0.05, 0) is 55.0 Å². The van der Waals surface area contributed by atoms with E-state index in [1.807, 2.05) is 42.5 Å². The van der Waals surface area contributed by atoms with Crippen molar-refractivity contribution in [3.8, 4) is 0 Å². The largest absolute Gasteiger partial charge is 0.324 e. The molecule has 1 saturated carbocycles. The predicted octanol–water partition coefficient (Wildman–Crippen LogP) is 3.25. The number of likely N-dealkylation sites (tertiary alicyclic amines) is 1. The Kier molecular flexibility index (Phi) is 5.00. The van der Waals surface area contributed by atoms with Crippen LogP contribution in [0.5, 0.6) is 0 Å². The molecule has 2 bridgehead atoms. The minimum Gasteiger partial charge on any atom is -0.324 e. The average Bonchev–Trinajstić information content (AvgIpc) is 3.47. The van der Waals surface area contributed by atoms with Gasteiger partial charge in [0, 0.05) is 17.7 Å². The number of carbonyl (C=O) groups is 4. The Morgan fingerprint density at radius 3 is 2.09 bits per heavy atom. The molecule has 5 rings (SSSR count). The van der Waals surface area contributed by atoms with Crippen molar-refractivity contribution in [1.29, 1.82) is 0 Å². The minimum absolute atomic E-state index is 0.0622. The molecule has 0 spiro atoms. The summed E-state index contributed by atoms with van der Waals surface area (Å²) in [5.74, 6) is -1.46. The van der Waals surface area contributed by atoms with E-state index in [2.05, 4.69) is 5.32 Å². The van der Waals surface area contributed by atoms with Crippen LogP contribution in [0, 0.1) is 23.7 Å². The Balaban J connectivity index is 1.43. The molecule has 0 unspecified atom stereocenters. The molecular weight excluding hydrogens is 404 g/mol. The first kappa shape index (κ1) is 20.4. The van der Waals surface area contributed by atoms with Crippen molar-refractivity contribution in [2.75, 3.05) is 5.32 Å². The van der Waals surface area contributed by atoms with Gasteiger partial charge in [-0.25, -0.2) is 0 Å². The molecule has 2 aliphatic carbocycles. The number of benzene rings is 2. The van der Waals surface area contributed by atoms with Gasteiger partial charge >= 0.3 is 0 Å². The number of anilines is 1. The van der Waals surface area contributed by atoms with Gasteiger partial charge in [-0.15, -0.1) is 0 Å². The summed E-state index contributed by atoms with van der Waals surface area (Å²) in [6, 6.07) is 15.1. The summed E-state index contributed by atoms with van der Waals surface area (Å²) in [5.41, 5.74) is 1.93. The van der Waals surface area contributed by atoms with E-state index in [9.17, 15) is 19.2 Å². The molecule has 1 aliphatic heterocycles. The molecule has 3 amide bonds. The predicted molar refractivity (Wildman–Crippen MR) is 119 cm³/mol. The normalized spacial score (nSPS) is 26.3. The number of fused-ring (bicyclic) bond motifs is 5. The van der Waals surface area contributed by atoms with Crippen LogP contribution in [0.25, 0.3) is 0 Å². The number of Topliss-reactive ketones (excluding diaryl/α,β-unsaturated/α-hetero) is 1. The summed E-state index contributed by atoms with van der Waals surface area (Å²) >= 11 is 0. The maximum absolute atomic E-state index is 13.4. The summed E-state index contributed by atoms with van der Waals surface area (Å²) in [6.45, 7) is 1.48. The second-order valence-electron chi connectivity index (χ2n) is 8.87. The number of amides is 3. The first-order chi connectivity index (χ1) is 15.4. The van der Waals surface area contributed by atoms with Crippen molar-refractivity contribution >= 4 is 29.2 Å². The zero-order chi connectivity index (χ0) is 22.4. The number of allylic oxidation sites excluding steroid dienone is 2. The van der Waals surface area contributed by atoms with Crippen LogP contribution in [0.2, 0.25) is 0 Å². The standard InChI is InChI=1S/C26H24N2O4/c1-15(29)17-9-11-20(12-10-17)27-24(30)21(13-16-5-3-2-4-6-16)28-25(31)22-18-7-8-19(14-18)23(22)26(28)32/h2-12,18-19,21-23H,13-14H2,1H3,(H,27,30)/t18-,19-,21-,22-,23-/m0/s1. The Bertz CT molecular complexity index is 1090. The molecule has 0 radical (unpaired) electrons. The molecule has 32 heavy (non-hydrogen) atoms. The van der Waals surface area contributed by atoms with E-state index in [0.29, 0.717) is 11.3 Å². The fraction of sp³-hybridized carbons (Fsp3) is 0.308. The number of hydrogen-bond donors (Lipinski definition) is 1. The van der Waals surface area contributed by atoms with Crippen LogP contribution in [0.4, 0.5) is 5.69 Å². The lowest BCUT2D eigenvalue weighted by Crippen LogP contribution is -2.49. The monoisotopic (exact) mass is 428 g/mol. The quantitative estimate of drug-likeness (QED) is 0.435. The summed E-state index contributed by atoms with van der Waals surface area (Å²) in [7, 11) is 0. The van der Waals surface area contributed by atoms with Crippen molar-refractivity contribution in [3.05, 3.63) is 77.9 Å². The van der Waals surface area contributed by atoms with Gasteiger partial charge in [-0.2, -0.15) is 0 Å². The number of imide groups is 1. The SMILES string of the molecule is CC(=O)c1ccc(NC(=O)[C@H](Cc2ccccc2)N2C(=O)[C@@H]3[C@@H](C2=O)[C@H]2C=C[C@H]3C2)cc1. The zero-order valence-corrected chi connectivity index (χ0v) is 17.7. The third-order valence-electron chi connectivity index (χ3n) is 6.95. The molecule has 1 saturated heterocycles. The highest BCUT2D eigenvalue weighted by atomic mass is 16.2. The number of nitrogens with one attached hydrogen (secondary N) is 1. The maximum Gasteiger partial charge on any atom is 0.248 e. The Morgan fingerprint density at radius 1 is 0.938 bits per heavy atom. The molecular formula is C26H24N2O4. The molecule has 2 aromatic carbocycles. The molecule has 162 valence electrons. The lowest BCUT2D eigenvalue weighted by molar-refractivity contribution is -0.147. The molecule has 1 N–H and O–H groups in total. The minimum atomic E-state index is -0.935. The number of rotatable bonds is 6. The van der Waals surface area contributed by atoms with Crippen LogP contribution >= 0.6 is 0 Å². The van der Waals surface area contributed by atoms with Crippen molar-refractivity contribution in [1.82, 2.24) is 4.90 Å². The van der Waals surface area contributed by atoms with E-state index >= 15 is 0 Å². The van der Waals surface area contributed by atoms with Crippen molar-refractivity contribution in [2.45, 2.75) is 25.8 Å². The van der Waals surface area contributed by atoms with E-state index in [1.165, 1.54) is 11.8 Å². The van der Waals surface area contributed by atoms with Crippen LogP contribution < -0.4 is 5.32 Å². The van der Waals surface area contributed by atoms with Crippen LogP contribution in [0.3, 0.4) is 0 Å². The maximum atomic E-state index is 13.4. The van der Waals surface area contributed by atoms with Gasteiger partial charge in [-0.3, -0.25) is 24.1 Å². The number of nitrogens with zero attached hydrogens (tertiary/aromatic N) is 1. The van der Waals surface area contributed by atoms with E-state index in [-0.39, 0.29) is 47.7 Å². The van der Waals surface area contributed by atoms with Crippen LogP contribution in [0.1, 0.15) is 29.3 Å². The molecule has 0 aromatic heterocycles. The summed E-state index contributed by atoms with van der Waals surface area (Å²) < 4.78 is 0. The number of hydrogen-bond acceptors (Lipinski definition) is 4. The highest BCUT2D eigenvalue weighted by Crippen LogP contribution is 2.53. The Morgan fingerprint density at radius 2 is 1.53 bits per heavy atom. The molecule has 6 heteroatoms. The summed E-state index contributed by atoms with van der Waals surface area (Å²) in [5, 5.41) is 2.84. The van der Waals surface area contributed by atoms with Gasteiger partial charge < -0.3 is 5.32 Å². The Hall–Kier alpha value is -3.54. The second kappa shape index (κ2) is 7.86. The molecule has 1 heterocycles. The van der Waals surface area contributed by atoms with Gasteiger partial charge in [-0.1, -0.05) is 42.5 Å². The van der Waals surface area contributed by atoms with E-state index in [0.717, 1.165) is 12.0 Å². The fourth-order valence-corrected chi connectivity index (χ4v) is 5.38. The van der Waals surface area contributed by atoms with Gasteiger partial charge in [0.25, 0.3) is 0 Å². The van der Waals surface area contributed by atoms with Gasteiger partial charge in [0.05, 0.1) is 11.8 Å². The fourth-order valence-electron chi connectivity index (χ4n) is 5.38. The lowest BCUT2D eigenvalue weighted by Gasteiger charge is -2.27. The summed E-state index contributed by atoms with van der Waals surface area (Å²) in [4.78, 5) is 52.8.